The summed E-state index contributed by atoms with van der Waals surface area (Å²) in [7, 11) is -3.43. The van der Waals surface area contributed by atoms with Crippen LogP contribution in [0.25, 0.3) is 0 Å². The molecule has 3 rings (SSSR count). The van der Waals surface area contributed by atoms with E-state index in [2.05, 4.69) is 15.9 Å². The predicted molar refractivity (Wildman–Crippen MR) is 87.3 cm³/mol. The van der Waals surface area contributed by atoms with Crippen LogP contribution >= 0.6 is 27.5 Å². The van der Waals surface area contributed by atoms with Crippen LogP contribution in [0.1, 0.15) is 11.5 Å². The van der Waals surface area contributed by atoms with E-state index in [0.29, 0.717) is 5.02 Å². The van der Waals surface area contributed by atoms with Crippen LogP contribution in [0.5, 0.6) is 0 Å². The van der Waals surface area contributed by atoms with E-state index >= 15 is 0 Å². The minimum atomic E-state index is -3.43. The van der Waals surface area contributed by atoms with Crippen molar-refractivity contribution in [2.75, 3.05) is 0 Å². The van der Waals surface area contributed by atoms with Crippen LogP contribution < -0.4 is 5.73 Å². The maximum atomic E-state index is 12.6. The smallest absolute Gasteiger partial charge is 0.183 e. The Kier molecular flexibility index (Phi) is 3.86. The van der Waals surface area contributed by atoms with Crippen LogP contribution in [0.3, 0.4) is 0 Å². The monoisotopic (exact) mass is 385 g/mol. The first-order valence-corrected chi connectivity index (χ1v) is 9.13. The summed E-state index contributed by atoms with van der Waals surface area (Å²) in [6.45, 7) is 0. The SMILES string of the molecule is N[C@@H]1[C@H](c2ccc(Br)cc2)[C@H]1S(=O)(=O)c1ccc(Cl)cc1. The lowest BCUT2D eigenvalue weighted by Crippen LogP contribution is -2.15. The van der Waals surface area contributed by atoms with Crippen LogP contribution in [0.2, 0.25) is 5.02 Å². The van der Waals surface area contributed by atoms with E-state index in [9.17, 15) is 8.42 Å². The standard InChI is InChI=1S/C15H13BrClNO2S/c16-10-3-1-9(2-4-10)13-14(18)15(13)21(19,20)12-7-5-11(17)6-8-12/h1-8,13-15H,18H2/t13-,14+,15+/m0/s1. The second kappa shape index (κ2) is 5.39. The zero-order valence-corrected chi connectivity index (χ0v) is 14.1. The summed E-state index contributed by atoms with van der Waals surface area (Å²) in [5.41, 5.74) is 6.97. The average Bonchev–Trinajstić information content (AvgIpc) is 3.12. The van der Waals surface area contributed by atoms with Gasteiger partial charge in [0.05, 0.1) is 10.1 Å². The number of sulfone groups is 1. The Bertz CT molecular complexity index is 759. The van der Waals surface area contributed by atoms with Gasteiger partial charge in [0.25, 0.3) is 0 Å². The van der Waals surface area contributed by atoms with E-state index in [-0.39, 0.29) is 16.9 Å². The van der Waals surface area contributed by atoms with Crippen LogP contribution in [0.15, 0.2) is 57.9 Å². The normalized spacial score (nSPS) is 24.8. The summed E-state index contributed by atoms with van der Waals surface area (Å²) < 4.78 is 26.2. The molecule has 1 aliphatic carbocycles. The molecular weight excluding hydrogens is 374 g/mol. The van der Waals surface area contributed by atoms with E-state index in [1.807, 2.05) is 24.3 Å². The summed E-state index contributed by atoms with van der Waals surface area (Å²) in [6, 6.07) is 13.5. The highest BCUT2D eigenvalue weighted by atomic mass is 79.9. The van der Waals surface area contributed by atoms with Gasteiger partial charge in [0.1, 0.15) is 0 Å². The number of hydrogen-bond acceptors (Lipinski definition) is 3. The molecule has 0 heterocycles. The second-order valence-corrected chi connectivity index (χ2v) is 8.58. The second-order valence-electron chi connectivity index (χ2n) is 5.12. The van der Waals surface area contributed by atoms with Crippen LogP contribution in [0, 0.1) is 0 Å². The molecule has 0 saturated heterocycles. The lowest BCUT2D eigenvalue weighted by molar-refractivity contribution is 0.593. The van der Waals surface area contributed by atoms with E-state index in [1.165, 1.54) is 12.1 Å². The molecule has 0 amide bonds. The van der Waals surface area contributed by atoms with Crippen molar-refractivity contribution in [2.45, 2.75) is 22.1 Å². The van der Waals surface area contributed by atoms with E-state index in [1.54, 1.807) is 12.1 Å². The van der Waals surface area contributed by atoms with Gasteiger partial charge < -0.3 is 5.73 Å². The van der Waals surface area contributed by atoms with Crippen LogP contribution in [-0.4, -0.2) is 19.7 Å². The molecule has 0 unspecified atom stereocenters. The molecule has 2 N–H and O–H groups in total. The third kappa shape index (κ3) is 2.75. The highest BCUT2D eigenvalue weighted by Gasteiger charge is 2.57. The molecule has 3 nitrogen and oxygen atoms in total. The molecule has 1 saturated carbocycles. The summed E-state index contributed by atoms with van der Waals surface area (Å²) >= 11 is 9.17. The summed E-state index contributed by atoms with van der Waals surface area (Å²) in [6.07, 6.45) is 0. The first-order valence-electron chi connectivity index (χ1n) is 6.42. The van der Waals surface area contributed by atoms with Gasteiger partial charge in [-0.2, -0.15) is 0 Å². The number of hydrogen-bond donors (Lipinski definition) is 1. The molecule has 1 aliphatic rings. The van der Waals surface area contributed by atoms with Crippen molar-refractivity contribution in [3.63, 3.8) is 0 Å². The van der Waals surface area contributed by atoms with Gasteiger partial charge in [-0.05, 0) is 42.0 Å². The van der Waals surface area contributed by atoms with Gasteiger partial charge in [-0.15, -0.1) is 0 Å². The van der Waals surface area contributed by atoms with Crippen molar-refractivity contribution in [1.82, 2.24) is 0 Å². The summed E-state index contributed by atoms with van der Waals surface area (Å²) in [5.74, 6) is -0.154. The molecule has 3 atom stereocenters. The first-order chi connectivity index (χ1) is 9.91. The highest BCUT2D eigenvalue weighted by molar-refractivity contribution is 9.10. The molecule has 21 heavy (non-hydrogen) atoms. The van der Waals surface area contributed by atoms with E-state index < -0.39 is 15.1 Å². The molecular formula is C15H13BrClNO2S. The maximum Gasteiger partial charge on any atom is 0.183 e. The molecule has 2 aromatic rings. The Balaban J connectivity index is 1.91. The van der Waals surface area contributed by atoms with Gasteiger partial charge in [0.15, 0.2) is 9.84 Å². The Labute approximate surface area is 137 Å². The summed E-state index contributed by atoms with van der Waals surface area (Å²) in [5, 5.41) is -0.0571. The Morgan fingerprint density at radius 2 is 1.57 bits per heavy atom. The van der Waals surface area contributed by atoms with Crippen molar-refractivity contribution in [3.8, 4) is 0 Å². The van der Waals surface area contributed by atoms with Crippen molar-refractivity contribution >= 4 is 37.4 Å². The molecule has 110 valence electrons. The predicted octanol–water partition coefficient (Wildman–Crippen LogP) is 3.37. The zero-order chi connectivity index (χ0) is 15.2. The quantitative estimate of drug-likeness (QED) is 0.880. The fourth-order valence-corrected chi connectivity index (χ4v) is 5.02. The van der Waals surface area contributed by atoms with Gasteiger partial charge in [-0.1, -0.05) is 39.7 Å². The number of benzene rings is 2. The molecule has 2 aromatic carbocycles. The lowest BCUT2D eigenvalue weighted by Gasteiger charge is -2.04. The minimum absolute atomic E-state index is 0.154. The molecule has 6 heteroatoms. The van der Waals surface area contributed by atoms with Gasteiger partial charge >= 0.3 is 0 Å². The van der Waals surface area contributed by atoms with Crippen LogP contribution in [-0.2, 0) is 9.84 Å². The fraction of sp³-hybridized carbons (Fsp3) is 0.200. The third-order valence-corrected chi connectivity index (χ3v) is 6.80. The van der Waals surface area contributed by atoms with Crippen molar-refractivity contribution < 1.29 is 8.42 Å². The Morgan fingerprint density at radius 3 is 2.14 bits per heavy atom. The topological polar surface area (TPSA) is 60.2 Å². The minimum Gasteiger partial charge on any atom is -0.326 e. The third-order valence-electron chi connectivity index (χ3n) is 3.76. The van der Waals surface area contributed by atoms with Gasteiger partial charge in [-0.25, -0.2) is 8.42 Å². The van der Waals surface area contributed by atoms with Gasteiger partial charge in [0.2, 0.25) is 0 Å². The molecule has 0 radical (unpaired) electrons. The van der Waals surface area contributed by atoms with Crippen LogP contribution in [0.4, 0.5) is 0 Å². The summed E-state index contributed by atoms with van der Waals surface area (Å²) in [4.78, 5) is 0.270. The first kappa shape index (κ1) is 15.0. The fourth-order valence-electron chi connectivity index (χ4n) is 2.58. The molecule has 0 aliphatic heterocycles. The largest absolute Gasteiger partial charge is 0.326 e. The molecule has 0 spiro atoms. The van der Waals surface area contributed by atoms with Gasteiger partial charge in [0, 0.05) is 21.5 Å². The van der Waals surface area contributed by atoms with Crippen molar-refractivity contribution in [3.05, 3.63) is 63.6 Å². The average molecular weight is 387 g/mol. The number of halogens is 2. The number of rotatable bonds is 3. The molecule has 0 aromatic heterocycles. The molecule has 1 fully saturated rings. The Morgan fingerprint density at radius 1 is 1.00 bits per heavy atom. The van der Waals surface area contributed by atoms with Gasteiger partial charge in [-0.3, -0.25) is 0 Å². The van der Waals surface area contributed by atoms with E-state index in [0.717, 1.165) is 10.0 Å². The van der Waals surface area contributed by atoms with Crippen molar-refractivity contribution in [2.24, 2.45) is 5.73 Å². The maximum absolute atomic E-state index is 12.6. The van der Waals surface area contributed by atoms with Crippen molar-refractivity contribution in [1.29, 1.82) is 0 Å². The Hall–Kier alpha value is -0.880. The highest BCUT2D eigenvalue weighted by Crippen LogP contribution is 2.47. The number of nitrogens with two attached hydrogens (primary N) is 1. The molecule has 0 bridgehead atoms. The van der Waals surface area contributed by atoms with E-state index in [4.69, 9.17) is 17.3 Å². The zero-order valence-electron chi connectivity index (χ0n) is 10.9. The lowest BCUT2D eigenvalue weighted by atomic mass is 10.1.